The molecule has 0 aromatic heterocycles. The molecule has 0 atom stereocenters. The van der Waals surface area contributed by atoms with E-state index in [2.05, 4.69) is 6.58 Å². The Bertz CT molecular complexity index is 649. The molecule has 0 aliphatic heterocycles. The number of carbonyl (C=O) groups is 1. The number of para-hydroxylation sites is 2. The second kappa shape index (κ2) is 7.46. The molecule has 0 saturated carbocycles. The molecule has 0 radical (unpaired) electrons. The van der Waals surface area contributed by atoms with E-state index in [9.17, 15) is 4.79 Å². The number of hydrogen-bond donors (Lipinski definition) is 0. The molecule has 0 N–H and O–H groups in total. The van der Waals surface area contributed by atoms with Gasteiger partial charge in [-0.05, 0) is 38.1 Å². The lowest BCUT2D eigenvalue weighted by Crippen LogP contribution is -2.32. The molecule has 0 spiro atoms. The highest BCUT2D eigenvalue weighted by molar-refractivity contribution is 5.97. The summed E-state index contributed by atoms with van der Waals surface area (Å²) < 4.78 is 5.86. The summed E-state index contributed by atoms with van der Waals surface area (Å²) >= 11 is 0. The van der Waals surface area contributed by atoms with E-state index in [0.29, 0.717) is 30.2 Å². The number of nitrogens with zero attached hydrogens (tertiary/aromatic N) is 1. The minimum absolute atomic E-state index is 0.0444. The second-order valence-electron chi connectivity index (χ2n) is 5.19. The third-order valence-corrected chi connectivity index (χ3v) is 3.22. The van der Waals surface area contributed by atoms with Crippen molar-refractivity contribution in [2.75, 3.05) is 13.1 Å². The monoisotopic (exact) mass is 295 g/mol. The third kappa shape index (κ3) is 3.98. The van der Waals surface area contributed by atoms with Crippen molar-refractivity contribution in [2.45, 2.75) is 13.8 Å². The first-order valence-corrected chi connectivity index (χ1v) is 7.37. The quantitative estimate of drug-likeness (QED) is 0.733. The predicted molar refractivity (Wildman–Crippen MR) is 89.3 cm³/mol. The van der Waals surface area contributed by atoms with Gasteiger partial charge in [-0.2, -0.15) is 0 Å². The Balaban J connectivity index is 2.27. The van der Waals surface area contributed by atoms with Crippen molar-refractivity contribution in [3.05, 3.63) is 72.3 Å². The third-order valence-electron chi connectivity index (χ3n) is 3.22. The maximum absolute atomic E-state index is 12.7. The molecule has 3 heteroatoms. The minimum Gasteiger partial charge on any atom is -0.457 e. The van der Waals surface area contributed by atoms with Crippen molar-refractivity contribution < 1.29 is 9.53 Å². The zero-order valence-corrected chi connectivity index (χ0v) is 13.1. The fourth-order valence-corrected chi connectivity index (χ4v) is 2.17. The SMILES string of the molecule is C=C(C)CN(CC)C(=O)c1ccccc1Oc1ccccc1. The molecule has 2 rings (SSSR count). The van der Waals surface area contributed by atoms with Crippen molar-refractivity contribution in [3.8, 4) is 11.5 Å². The van der Waals surface area contributed by atoms with E-state index in [1.165, 1.54) is 0 Å². The van der Waals surface area contributed by atoms with E-state index in [0.717, 1.165) is 5.57 Å². The Kier molecular flexibility index (Phi) is 5.37. The summed E-state index contributed by atoms with van der Waals surface area (Å²) in [5, 5.41) is 0. The van der Waals surface area contributed by atoms with Gasteiger partial charge in [0.05, 0.1) is 5.56 Å². The normalized spacial score (nSPS) is 10.1. The van der Waals surface area contributed by atoms with Gasteiger partial charge in [-0.25, -0.2) is 0 Å². The lowest BCUT2D eigenvalue weighted by Gasteiger charge is -2.22. The summed E-state index contributed by atoms with van der Waals surface area (Å²) in [5.74, 6) is 1.24. The summed E-state index contributed by atoms with van der Waals surface area (Å²) in [7, 11) is 0. The molecule has 22 heavy (non-hydrogen) atoms. The number of benzene rings is 2. The lowest BCUT2D eigenvalue weighted by molar-refractivity contribution is 0.0775. The van der Waals surface area contributed by atoms with Gasteiger partial charge in [-0.1, -0.05) is 42.5 Å². The fourth-order valence-electron chi connectivity index (χ4n) is 2.17. The minimum atomic E-state index is -0.0444. The molecular weight excluding hydrogens is 274 g/mol. The van der Waals surface area contributed by atoms with Crippen molar-refractivity contribution >= 4 is 5.91 Å². The van der Waals surface area contributed by atoms with Crippen LogP contribution in [0.25, 0.3) is 0 Å². The highest BCUT2D eigenvalue weighted by Crippen LogP contribution is 2.26. The lowest BCUT2D eigenvalue weighted by atomic mass is 10.1. The first-order valence-electron chi connectivity index (χ1n) is 7.37. The van der Waals surface area contributed by atoms with Crippen molar-refractivity contribution in [2.24, 2.45) is 0 Å². The van der Waals surface area contributed by atoms with Gasteiger partial charge in [0.25, 0.3) is 5.91 Å². The topological polar surface area (TPSA) is 29.5 Å². The first-order chi connectivity index (χ1) is 10.6. The van der Waals surface area contributed by atoms with E-state index in [1.54, 1.807) is 11.0 Å². The Morgan fingerprint density at radius 3 is 2.36 bits per heavy atom. The van der Waals surface area contributed by atoms with Crippen LogP contribution in [0.15, 0.2) is 66.7 Å². The van der Waals surface area contributed by atoms with Gasteiger partial charge in [0.1, 0.15) is 11.5 Å². The van der Waals surface area contributed by atoms with Crippen LogP contribution < -0.4 is 4.74 Å². The number of amides is 1. The average Bonchev–Trinajstić information content (AvgIpc) is 2.53. The van der Waals surface area contributed by atoms with Crippen LogP contribution in [0.1, 0.15) is 24.2 Å². The zero-order valence-electron chi connectivity index (χ0n) is 13.1. The molecule has 0 unspecified atom stereocenters. The molecule has 3 nitrogen and oxygen atoms in total. The molecule has 1 amide bonds. The van der Waals surface area contributed by atoms with E-state index in [1.807, 2.05) is 62.4 Å². The molecule has 0 fully saturated rings. The van der Waals surface area contributed by atoms with Gasteiger partial charge >= 0.3 is 0 Å². The Hall–Kier alpha value is -2.55. The van der Waals surface area contributed by atoms with Gasteiger partial charge in [-0.3, -0.25) is 4.79 Å². The van der Waals surface area contributed by atoms with Crippen LogP contribution in [0.2, 0.25) is 0 Å². The maximum atomic E-state index is 12.7. The summed E-state index contributed by atoms with van der Waals surface area (Å²) in [6.45, 7) is 8.94. The molecule has 114 valence electrons. The van der Waals surface area contributed by atoms with Crippen LogP contribution in [0.4, 0.5) is 0 Å². The molecule has 0 saturated heterocycles. The maximum Gasteiger partial charge on any atom is 0.257 e. The number of ether oxygens (including phenoxy) is 1. The first kappa shape index (κ1) is 15.8. The van der Waals surface area contributed by atoms with E-state index in [-0.39, 0.29) is 5.91 Å². The number of rotatable bonds is 6. The predicted octanol–water partition coefficient (Wildman–Crippen LogP) is 4.52. The Labute approximate surface area is 131 Å². The molecule has 2 aromatic carbocycles. The molecule has 0 aliphatic carbocycles. The van der Waals surface area contributed by atoms with Crippen LogP contribution in [-0.4, -0.2) is 23.9 Å². The highest BCUT2D eigenvalue weighted by Gasteiger charge is 2.18. The molecular formula is C19H21NO2. The smallest absolute Gasteiger partial charge is 0.257 e. The van der Waals surface area contributed by atoms with Crippen LogP contribution in [0, 0.1) is 0 Å². The van der Waals surface area contributed by atoms with Crippen LogP contribution in [0.5, 0.6) is 11.5 Å². The zero-order chi connectivity index (χ0) is 15.9. The van der Waals surface area contributed by atoms with Gasteiger partial charge in [0.15, 0.2) is 0 Å². The van der Waals surface area contributed by atoms with Gasteiger partial charge < -0.3 is 9.64 Å². The fraction of sp³-hybridized carbons (Fsp3) is 0.211. The number of carbonyl (C=O) groups excluding carboxylic acids is 1. The number of hydrogen-bond acceptors (Lipinski definition) is 2. The van der Waals surface area contributed by atoms with Crippen molar-refractivity contribution in [3.63, 3.8) is 0 Å². The molecule has 0 bridgehead atoms. The second-order valence-corrected chi connectivity index (χ2v) is 5.19. The van der Waals surface area contributed by atoms with E-state index in [4.69, 9.17) is 4.74 Å². The highest BCUT2D eigenvalue weighted by atomic mass is 16.5. The van der Waals surface area contributed by atoms with E-state index >= 15 is 0 Å². The van der Waals surface area contributed by atoms with Crippen LogP contribution in [0.3, 0.4) is 0 Å². The molecule has 0 heterocycles. The Morgan fingerprint density at radius 1 is 1.09 bits per heavy atom. The molecule has 2 aromatic rings. The molecule has 0 aliphatic rings. The average molecular weight is 295 g/mol. The summed E-state index contributed by atoms with van der Waals surface area (Å²) in [4.78, 5) is 14.5. The number of likely N-dealkylation sites (N-methyl/N-ethyl adjacent to an activating group) is 1. The standard InChI is InChI=1S/C19H21NO2/c1-4-20(14-15(2)3)19(21)17-12-8-9-13-18(17)22-16-10-6-5-7-11-16/h5-13H,2,4,14H2,1,3H3. The van der Waals surface area contributed by atoms with Crippen LogP contribution >= 0.6 is 0 Å². The summed E-state index contributed by atoms with van der Waals surface area (Å²) in [5.41, 5.74) is 1.52. The Morgan fingerprint density at radius 2 is 1.73 bits per heavy atom. The summed E-state index contributed by atoms with van der Waals surface area (Å²) in [6, 6.07) is 16.8. The van der Waals surface area contributed by atoms with Gasteiger partial charge in [0, 0.05) is 13.1 Å². The van der Waals surface area contributed by atoms with Crippen molar-refractivity contribution in [1.29, 1.82) is 0 Å². The van der Waals surface area contributed by atoms with Gasteiger partial charge in [-0.15, -0.1) is 0 Å². The summed E-state index contributed by atoms with van der Waals surface area (Å²) in [6.07, 6.45) is 0. The van der Waals surface area contributed by atoms with Gasteiger partial charge in [0.2, 0.25) is 0 Å². The largest absolute Gasteiger partial charge is 0.457 e. The van der Waals surface area contributed by atoms with E-state index < -0.39 is 0 Å². The van der Waals surface area contributed by atoms with Crippen molar-refractivity contribution in [1.82, 2.24) is 4.90 Å². The van der Waals surface area contributed by atoms with Crippen LogP contribution in [-0.2, 0) is 0 Å².